The number of aromatic hydroxyl groups is 2. The van der Waals surface area contributed by atoms with Gasteiger partial charge in [-0.15, -0.1) is 0 Å². The second kappa shape index (κ2) is 6.63. The fraction of sp³-hybridized carbons (Fsp3) is 0.385. The number of carbonyl (C=O) groups is 2. The molecule has 0 aliphatic rings. The zero-order valence-corrected chi connectivity index (χ0v) is 10.9. The first-order valence-corrected chi connectivity index (χ1v) is 5.97. The molecule has 0 spiro atoms. The lowest BCUT2D eigenvalue weighted by Gasteiger charge is -2.09. The molecule has 1 aromatic carbocycles. The SMILES string of the molecule is CC(C)CNC(=O)CNC(=O)c1cc(O)ccc1O. The van der Waals surface area contributed by atoms with Crippen LogP contribution in [0.4, 0.5) is 0 Å². The summed E-state index contributed by atoms with van der Waals surface area (Å²) in [4.78, 5) is 23.1. The number of hydrogen-bond acceptors (Lipinski definition) is 4. The highest BCUT2D eigenvalue weighted by molar-refractivity contribution is 5.99. The average molecular weight is 266 g/mol. The van der Waals surface area contributed by atoms with Gasteiger partial charge in [-0.05, 0) is 24.1 Å². The highest BCUT2D eigenvalue weighted by Gasteiger charge is 2.13. The molecule has 2 amide bonds. The molecule has 0 heterocycles. The molecule has 0 atom stereocenters. The monoisotopic (exact) mass is 266 g/mol. The third-order valence-corrected chi connectivity index (χ3v) is 2.34. The Labute approximate surface area is 111 Å². The smallest absolute Gasteiger partial charge is 0.255 e. The lowest BCUT2D eigenvalue weighted by molar-refractivity contribution is -0.120. The van der Waals surface area contributed by atoms with Crippen molar-refractivity contribution in [1.29, 1.82) is 0 Å². The van der Waals surface area contributed by atoms with E-state index in [4.69, 9.17) is 0 Å². The summed E-state index contributed by atoms with van der Waals surface area (Å²) in [5, 5.41) is 23.7. The number of rotatable bonds is 5. The molecule has 1 aromatic rings. The Balaban J connectivity index is 2.51. The first-order chi connectivity index (χ1) is 8.90. The van der Waals surface area contributed by atoms with Gasteiger partial charge in [-0.2, -0.15) is 0 Å². The molecule has 0 fully saturated rings. The van der Waals surface area contributed by atoms with Crippen LogP contribution in [0.1, 0.15) is 24.2 Å². The number of carbonyl (C=O) groups excluding carboxylic acids is 2. The van der Waals surface area contributed by atoms with E-state index in [9.17, 15) is 19.8 Å². The molecule has 6 nitrogen and oxygen atoms in total. The molecule has 0 aliphatic heterocycles. The molecular weight excluding hydrogens is 248 g/mol. The number of amides is 2. The van der Waals surface area contributed by atoms with Gasteiger partial charge in [0.05, 0.1) is 12.1 Å². The largest absolute Gasteiger partial charge is 0.508 e. The minimum Gasteiger partial charge on any atom is -0.508 e. The van der Waals surface area contributed by atoms with Crippen LogP contribution in [0.15, 0.2) is 18.2 Å². The Morgan fingerprint density at radius 2 is 1.89 bits per heavy atom. The van der Waals surface area contributed by atoms with Crippen molar-refractivity contribution in [3.63, 3.8) is 0 Å². The number of phenolic OH excluding ortho intramolecular Hbond substituents is 2. The van der Waals surface area contributed by atoms with Gasteiger partial charge in [-0.1, -0.05) is 13.8 Å². The van der Waals surface area contributed by atoms with Crippen molar-refractivity contribution in [1.82, 2.24) is 10.6 Å². The van der Waals surface area contributed by atoms with Gasteiger partial charge in [0, 0.05) is 6.54 Å². The van der Waals surface area contributed by atoms with Crippen molar-refractivity contribution >= 4 is 11.8 Å². The number of benzene rings is 1. The summed E-state index contributed by atoms with van der Waals surface area (Å²) in [5.74, 6) is -0.977. The van der Waals surface area contributed by atoms with Crippen molar-refractivity contribution in [2.75, 3.05) is 13.1 Å². The van der Waals surface area contributed by atoms with Crippen LogP contribution in [-0.4, -0.2) is 35.1 Å². The fourth-order valence-electron chi connectivity index (χ4n) is 1.34. The Morgan fingerprint density at radius 1 is 1.21 bits per heavy atom. The Morgan fingerprint density at radius 3 is 2.53 bits per heavy atom. The maximum Gasteiger partial charge on any atom is 0.255 e. The van der Waals surface area contributed by atoms with Crippen LogP contribution in [0.2, 0.25) is 0 Å². The lowest BCUT2D eigenvalue weighted by Crippen LogP contribution is -2.38. The topological polar surface area (TPSA) is 98.7 Å². The van der Waals surface area contributed by atoms with Crippen molar-refractivity contribution in [3.8, 4) is 11.5 Å². The molecule has 0 saturated heterocycles. The first-order valence-electron chi connectivity index (χ1n) is 5.97. The lowest BCUT2D eigenvalue weighted by atomic mass is 10.2. The van der Waals surface area contributed by atoms with Gasteiger partial charge in [-0.3, -0.25) is 9.59 Å². The van der Waals surface area contributed by atoms with E-state index in [1.165, 1.54) is 12.1 Å². The molecule has 0 radical (unpaired) electrons. The van der Waals surface area contributed by atoms with E-state index in [1.54, 1.807) is 0 Å². The Kier molecular flexibility index (Phi) is 5.17. The van der Waals surface area contributed by atoms with E-state index in [0.29, 0.717) is 12.5 Å². The van der Waals surface area contributed by atoms with Crippen LogP contribution in [0, 0.1) is 5.92 Å². The van der Waals surface area contributed by atoms with Gasteiger partial charge in [0.1, 0.15) is 11.5 Å². The second-order valence-electron chi connectivity index (χ2n) is 4.58. The van der Waals surface area contributed by atoms with Crippen LogP contribution < -0.4 is 10.6 Å². The van der Waals surface area contributed by atoms with E-state index in [0.717, 1.165) is 6.07 Å². The van der Waals surface area contributed by atoms with Crippen molar-refractivity contribution in [2.45, 2.75) is 13.8 Å². The van der Waals surface area contributed by atoms with Crippen molar-refractivity contribution < 1.29 is 19.8 Å². The second-order valence-corrected chi connectivity index (χ2v) is 4.58. The zero-order chi connectivity index (χ0) is 14.4. The summed E-state index contributed by atoms with van der Waals surface area (Å²) < 4.78 is 0. The van der Waals surface area contributed by atoms with Crippen molar-refractivity contribution in [3.05, 3.63) is 23.8 Å². The Hall–Kier alpha value is -2.24. The third-order valence-electron chi connectivity index (χ3n) is 2.34. The summed E-state index contributed by atoms with van der Waals surface area (Å²) >= 11 is 0. The molecule has 0 unspecified atom stereocenters. The normalized spacial score (nSPS) is 10.3. The maximum absolute atomic E-state index is 11.7. The quantitative estimate of drug-likeness (QED) is 0.586. The van der Waals surface area contributed by atoms with Gasteiger partial charge in [0.25, 0.3) is 5.91 Å². The van der Waals surface area contributed by atoms with E-state index in [1.807, 2.05) is 13.8 Å². The third kappa shape index (κ3) is 4.87. The number of nitrogens with one attached hydrogen (secondary N) is 2. The average Bonchev–Trinajstić information content (AvgIpc) is 2.36. The van der Waals surface area contributed by atoms with Crippen LogP contribution >= 0.6 is 0 Å². The summed E-state index contributed by atoms with van der Waals surface area (Å²) in [6.07, 6.45) is 0. The summed E-state index contributed by atoms with van der Waals surface area (Å²) in [7, 11) is 0. The standard InChI is InChI=1S/C13H18N2O4/c1-8(2)6-14-12(18)7-15-13(19)10-5-9(16)3-4-11(10)17/h3-5,8,16-17H,6-7H2,1-2H3,(H,14,18)(H,15,19). The van der Waals surface area contributed by atoms with Gasteiger partial charge in [0.15, 0.2) is 0 Å². The summed E-state index contributed by atoms with van der Waals surface area (Å²) in [5.41, 5.74) is -0.0725. The van der Waals surface area contributed by atoms with Crippen LogP contribution in [0.25, 0.3) is 0 Å². The summed E-state index contributed by atoms with van der Waals surface area (Å²) in [6.45, 7) is 4.28. The molecule has 0 saturated carbocycles. The molecule has 104 valence electrons. The minimum atomic E-state index is -0.618. The molecular formula is C13H18N2O4. The van der Waals surface area contributed by atoms with E-state index >= 15 is 0 Å². The van der Waals surface area contributed by atoms with Crippen molar-refractivity contribution in [2.24, 2.45) is 5.92 Å². The highest BCUT2D eigenvalue weighted by atomic mass is 16.3. The van der Waals surface area contributed by atoms with Gasteiger partial charge >= 0.3 is 0 Å². The first kappa shape index (κ1) is 14.8. The highest BCUT2D eigenvalue weighted by Crippen LogP contribution is 2.21. The molecule has 0 aromatic heterocycles. The summed E-state index contributed by atoms with van der Waals surface area (Å²) in [6, 6.07) is 3.61. The zero-order valence-electron chi connectivity index (χ0n) is 10.9. The molecule has 0 aliphatic carbocycles. The van der Waals surface area contributed by atoms with Gasteiger partial charge < -0.3 is 20.8 Å². The Bertz CT molecular complexity index is 472. The number of phenols is 2. The van der Waals surface area contributed by atoms with Gasteiger partial charge in [-0.25, -0.2) is 0 Å². The maximum atomic E-state index is 11.7. The van der Waals surface area contributed by atoms with Gasteiger partial charge in [0.2, 0.25) is 5.91 Å². The molecule has 19 heavy (non-hydrogen) atoms. The predicted octanol–water partition coefficient (Wildman–Crippen LogP) is 0.600. The minimum absolute atomic E-state index is 0.0725. The molecule has 1 rings (SSSR count). The predicted molar refractivity (Wildman–Crippen MR) is 70.0 cm³/mol. The van der Waals surface area contributed by atoms with Crippen LogP contribution in [0.3, 0.4) is 0 Å². The molecule has 6 heteroatoms. The van der Waals surface area contributed by atoms with Crippen LogP contribution in [0.5, 0.6) is 11.5 Å². The molecule has 4 N–H and O–H groups in total. The molecule has 0 bridgehead atoms. The van der Waals surface area contributed by atoms with E-state index < -0.39 is 5.91 Å². The van der Waals surface area contributed by atoms with E-state index in [2.05, 4.69) is 10.6 Å². The van der Waals surface area contributed by atoms with E-state index in [-0.39, 0.29) is 29.5 Å². The van der Waals surface area contributed by atoms with Crippen LogP contribution in [-0.2, 0) is 4.79 Å². The number of hydrogen-bond donors (Lipinski definition) is 4. The fourth-order valence-corrected chi connectivity index (χ4v) is 1.34.